The fraction of sp³-hybridized carbons (Fsp3) is 0.909. The summed E-state index contributed by atoms with van der Waals surface area (Å²) >= 11 is 0. The predicted octanol–water partition coefficient (Wildman–Crippen LogP) is 1.83. The molecule has 1 fully saturated rings. The summed E-state index contributed by atoms with van der Waals surface area (Å²) in [5.41, 5.74) is 0. The first kappa shape index (κ1) is 21.1. The van der Waals surface area contributed by atoms with Gasteiger partial charge >= 0.3 is 22.4 Å². The molecule has 1 aliphatic heterocycles. The number of alkyl halides is 3. The van der Waals surface area contributed by atoms with E-state index in [2.05, 4.69) is 11.8 Å². The maximum atomic E-state index is 10.6. The summed E-state index contributed by atoms with van der Waals surface area (Å²) in [6.45, 7) is 3.54. The van der Waals surface area contributed by atoms with Crippen molar-refractivity contribution in [2.75, 3.05) is 13.1 Å². The Morgan fingerprint density at radius 3 is 2.36 bits per heavy atom. The van der Waals surface area contributed by atoms with E-state index < -0.39 is 22.4 Å². The number of halogens is 3. The van der Waals surface area contributed by atoms with Crippen molar-refractivity contribution in [2.45, 2.75) is 45.2 Å². The van der Waals surface area contributed by atoms with Crippen LogP contribution in [0.4, 0.5) is 13.2 Å². The van der Waals surface area contributed by atoms with Gasteiger partial charge in [-0.1, -0.05) is 19.8 Å². The van der Waals surface area contributed by atoms with Crippen LogP contribution in [0.25, 0.3) is 0 Å². The van der Waals surface area contributed by atoms with Gasteiger partial charge in [-0.2, -0.15) is 21.6 Å². The second kappa shape index (κ2) is 9.28. The number of piperidine rings is 1. The molecule has 0 saturated carbocycles. The SMILES string of the molecule is CCCC[C@@H]1CCCN(NS(=O)(=O)O)C1.O=C(O)C(F)(F)F. The molecular formula is C11H21F3N2O5S. The summed E-state index contributed by atoms with van der Waals surface area (Å²) in [6.07, 6.45) is 0.549. The number of hydrazine groups is 1. The Morgan fingerprint density at radius 2 is 1.95 bits per heavy atom. The van der Waals surface area contributed by atoms with Gasteiger partial charge in [-0.25, -0.2) is 9.80 Å². The Hall–Kier alpha value is -0.910. The fourth-order valence-corrected chi connectivity index (χ4v) is 2.53. The van der Waals surface area contributed by atoms with Crippen molar-refractivity contribution in [3.05, 3.63) is 0 Å². The summed E-state index contributed by atoms with van der Waals surface area (Å²) in [5.74, 6) is -2.21. The van der Waals surface area contributed by atoms with Crippen molar-refractivity contribution in [1.82, 2.24) is 9.84 Å². The molecule has 1 saturated heterocycles. The third-order valence-corrected chi connectivity index (χ3v) is 3.46. The Bertz CT molecular complexity index is 441. The number of hydrogen-bond acceptors (Lipinski definition) is 4. The third kappa shape index (κ3) is 10.8. The fourth-order valence-electron chi connectivity index (χ4n) is 2.04. The largest absolute Gasteiger partial charge is 0.490 e. The van der Waals surface area contributed by atoms with Crippen LogP contribution >= 0.6 is 0 Å². The van der Waals surface area contributed by atoms with Crippen LogP contribution in [0.15, 0.2) is 0 Å². The third-order valence-electron chi connectivity index (χ3n) is 2.97. The molecule has 0 spiro atoms. The average molecular weight is 350 g/mol. The van der Waals surface area contributed by atoms with Crippen LogP contribution < -0.4 is 4.83 Å². The van der Waals surface area contributed by atoms with Crippen LogP contribution in [0.2, 0.25) is 0 Å². The van der Waals surface area contributed by atoms with Crippen LogP contribution in [0.1, 0.15) is 39.0 Å². The van der Waals surface area contributed by atoms with Crippen molar-refractivity contribution in [3.8, 4) is 0 Å². The lowest BCUT2D eigenvalue weighted by Gasteiger charge is -2.31. The summed E-state index contributed by atoms with van der Waals surface area (Å²) in [4.78, 5) is 11.0. The molecule has 1 aliphatic rings. The van der Waals surface area contributed by atoms with E-state index in [0.29, 0.717) is 19.0 Å². The maximum absolute atomic E-state index is 10.6. The normalized spacial score (nSPS) is 20.1. The molecule has 11 heteroatoms. The summed E-state index contributed by atoms with van der Waals surface area (Å²) in [5, 5.41) is 8.72. The van der Waals surface area contributed by atoms with Gasteiger partial charge in [-0.3, -0.25) is 4.55 Å². The van der Waals surface area contributed by atoms with Crippen LogP contribution in [-0.4, -0.2) is 48.3 Å². The molecule has 0 aromatic carbocycles. The molecule has 0 amide bonds. The number of nitrogens with one attached hydrogen (secondary N) is 1. The molecule has 22 heavy (non-hydrogen) atoms. The number of carboxylic acid groups (broad SMARTS) is 1. The van der Waals surface area contributed by atoms with Gasteiger partial charge in [0.1, 0.15) is 0 Å². The second-order valence-corrected chi connectivity index (χ2v) is 6.10. The number of rotatable bonds is 5. The van der Waals surface area contributed by atoms with Gasteiger partial charge in [-0.05, 0) is 25.2 Å². The minimum absolute atomic E-state index is 0.549. The topological polar surface area (TPSA) is 107 Å². The Balaban J connectivity index is 0.000000534. The smallest absolute Gasteiger partial charge is 0.475 e. The Kier molecular flexibility index (Phi) is 8.89. The highest BCUT2D eigenvalue weighted by Gasteiger charge is 2.38. The molecule has 0 bridgehead atoms. The lowest BCUT2D eigenvalue weighted by molar-refractivity contribution is -0.192. The predicted molar refractivity (Wildman–Crippen MR) is 72.2 cm³/mol. The molecule has 0 radical (unpaired) electrons. The van der Waals surface area contributed by atoms with E-state index in [0.717, 1.165) is 19.3 Å². The molecule has 1 rings (SSSR count). The molecule has 0 aromatic rings. The van der Waals surface area contributed by atoms with Crippen molar-refractivity contribution in [1.29, 1.82) is 0 Å². The average Bonchev–Trinajstić information content (AvgIpc) is 2.34. The van der Waals surface area contributed by atoms with Crippen molar-refractivity contribution >= 4 is 16.3 Å². The van der Waals surface area contributed by atoms with Gasteiger partial charge in [0.05, 0.1) is 0 Å². The van der Waals surface area contributed by atoms with E-state index >= 15 is 0 Å². The van der Waals surface area contributed by atoms with Crippen LogP contribution in [0.3, 0.4) is 0 Å². The van der Waals surface area contributed by atoms with Crippen molar-refractivity contribution in [2.24, 2.45) is 5.92 Å². The zero-order chi connectivity index (χ0) is 17.4. The first-order valence-electron chi connectivity index (χ1n) is 6.75. The van der Waals surface area contributed by atoms with E-state index in [-0.39, 0.29) is 0 Å². The molecule has 0 aromatic heterocycles. The van der Waals surface area contributed by atoms with E-state index in [1.165, 1.54) is 12.8 Å². The van der Waals surface area contributed by atoms with Gasteiger partial charge in [0.15, 0.2) is 0 Å². The first-order chi connectivity index (χ1) is 9.95. The van der Waals surface area contributed by atoms with Crippen molar-refractivity contribution < 1.29 is 36.0 Å². The minimum Gasteiger partial charge on any atom is -0.475 e. The van der Waals surface area contributed by atoms with Gasteiger partial charge in [0, 0.05) is 13.1 Å². The van der Waals surface area contributed by atoms with Gasteiger partial charge in [0.2, 0.25) is 0 Å². The van der Waals surface area contributed by atoms with E-state index in [4.69, 9.17) is 14.5 Å². The maximum Gasteiger partial charge on any atom is 0.490 e. The highest BCUT2D eigenvalue weighted by molar-refractivity contribution is 7.83. The molecule has 1 heterocycles. The number of carboxylic acids is 1. The van der Waals surface area contributed by atoms with E-state index in [1.54, 1.807) is 5.01 Å². The standard InChI is InChI=1S/C9H20N2O3S.C2HF3O2/c1-2-3-5-9-6-4-7-11(8-9)10-15(12,13)14;3-2(4,5)1(6)7/h9-10H,2-8H2,1H3,(H,12,13,14);(H,6,7)/t9-;/m1./s1. The van der Waals surface area contributed by atoms with E-state index in [1.807, 2.05) is 0 Å². The summed E-state index contributed by atoms with van der Waals surface area (Å²) < 4.78 is 61.6. The highest BCUT2D eigenvalue weighted by Crippen LogP contribution is 2.20. The first-order valence-corrected chi connectivity index (χ1v) is 8.19. The molecule has 132 valence electrons. The van der Waals surface area contributed by atoms with Crippen LogP contribution in [0.5, 0.6) is 0 Å². The summed E-state index contributed by atoms with van der Waals surface area (Å²) in [6, 6.07) is 0. The molecule has 0 unspecified atom stereocenters. The zero-order valence-corrected chi connectivity index (χ0v) is 13.0. The molecule has 1 atom stereocenters. The lowest BCUT2D eigenvalue weighted by atomic mass is 9.94. The van der Waals surface area contributed by atoms with Gasteiger partial charge in [-0.15, -0.1) is 4.83 Å². The minimum atomic E-state index is -5.08. The molecule has 0 aliphatic carbocycles. The van der Waals surface area contributed by atoms with Gasteiger partial charge < -0.3 is 5.11 Å². The molecule has 7 nitrogen and oxygen atoms in total. The van der Waals surface area contributed by atoms with Crippen molar-refractivity contribution in [3.63, 3.8) is 0 Å². The summed E-state index contributed by atoms with van der Waals surface area (Å²) in [7, 11) is -4.09. The number of unbranched alkanes of at least 4 members (excludes halogenated alkanes) is 1. The molecular weight excluding hydrogens is 329 g/mol. The van der Waals surface area contributed by atoms with Crippen LogP contribution in [-0.2, 0) is 15.1 Å². The lowest BCUT2D eigenvalue weighted by Crippen LogP contribution is -2.47. The van der Waals surface area contributed by atoms with Crippen LogP contribution in [0, 0.1) is 5.92 Å². The van der Waals surface area contributed by atoms with E-state index in [9.17, 15) is 21.6 Å². The quantitative estimate of drug-likeness (QED) is 0.653. The molecule has 3 N–H and O–H groups in total. The van der Waals surface area contributed by atoms with Gasteiger partial charge in [0.25, 0.3) is 0 Å². The Labute approximate surface area is 127 Å². The number of nitrogens with zero attached hydrogens (tertiary/aromatic N) is 1. The number of carbonyl (C=O) groups is 1. The Morgan fingerprint density at radius 1 is 1.41 bits per heavy atom. The zero-order valence-electron chi connectivity index (χ0n) is 12.1. The monoisotopic (exact) mass is 350 g/mol. The number of aliphatic carboxylic acids is 1. The highest BCUT2D eigenvalue weighted by atomic mass is 32.2. The second-order valence-electron chi connectivity index (χ2n) is 4.97. The number of hydrogen-bond donors (Lipinski definition) is 3.